The van der Waals surface area contributed by atoms with Crippen molar-refractivity contribution in [2.24, 2.45) is 7.05 Å². The molecule has 0 saturated carbocycles. The maximum Gasteiger partial charge on any atom is 0.433 e. The number of aryl methyl sites for hydroxylation is 1. The summed E-state index contributed by atoms with van der Waals surface area (Å²) >= 11 is 0. The van der Waals surface area contributed by atoms with Gasteiger partial charge in [-0.25, -0.2) is 14.8 Å². The number of methoxy groups -OCH3 is 1. The number of nitrogens with one attached hydrogen (secondary N) is 1. The van der Waals surface area contributed by atoms with E-state index in [0.717, 1.165) is 24.9 Å². The van der Waals surface area contributed by atoms with Crippen molar-refractivity contribution in [1.29, 1.82) is 0 Å². The molecule has 9 heteroatoms. The second-order valence-corrected chi connectivity index (χ2v) is 4.79. The molecule has 0 spiro atoms. The zero-order valence-corrected chi connectivity index (χ0v) is 12.5. The molecule has 0 saturated heterocycles. The lowest BCUT2D eigenvalue weighted by Gasteiger charge is -2.12. The number of carbonyl (C=O) groups is 1. The molecule has 2 heterocycles. The molecule has 2 aromatic rings. The number of carbonyl (C=O) groups excluding carboxylic acids is 1. The van der Waals surface area contributed by atoms with Crippen molar-refractivity contribution in [3.8, 4) is 0 Å². The molecule has 1 N–H and O–H groups in total. The third kappa shape index (κ3) is 4.21. The average molecular weight is 328 g/mol. The highest BCUT2D eigenvalue weighted by Crippen LogP contribution is 2.29. The van der Waals surface area contributed by atoms with Gasteiger partial charge < -0.3 is 14.6 Å². The number of nitrogens with zero attached hydrogens (tertiary/aromatic N) is 3. The van der Waals surface area contributed by atoms with Crippen LogP contribution in [0, 0.1) is 0 Å². The number of hydrogen-bond donors (Lipinski definition) is 1. The van der Waals surface area contributed by atoms with E-state index < -0.39 is 17.8 Å². The minimum atomic E-state index is -4.59. The Bertz CT molecular complexity index is 698. The Labute approximate surface area is 130 Å². The Hall–Kier alpha value is -2.58. The lowest BCUT2D eigenvalue weighted by Crippen LogP contribution is -2.16. The van der Waals surface area contributed by atoms with E-state index in [0.29, 0.717) is 6.42 Å². The topological polar surface area (TPSA) is 69.0 Å². The second-order valence-electron chi connectivity index (χ2n) is 4.79. The van der Waals surface area contributed by atoms with Crippen LogP contribution in [0.15, 0.2) is 24.7 Å². The summed E-state index contributed by atoms with van der Waals surface area (Å²) in [5.74, 6) is -0.922. The highest BCUT2D eigenvalue weighted by molar-refractivity contribution is 5.94. The monoisotopic (exact) mass is 328 g/mol. The Morgan fingerprint density at radius 2 is 2.13 bits per heavy atom. The van der Waals surface area contributed by atoms with Gasteiger partial charge in [0.2, 0.25) is 0 Å². The predicted octanol–water partition coefficient (Wildman–Crippen LogP) is 2.28. The van der Waals surface area contributed by atoms with E-state index in [4.69, 9.17) is 0 Å². The van der Waals surface area contributed by atoms with Crippen LogP contribution in [0.4, 0.5) is 19.0 Å². The largest absolute Gasteiger partial charge is 0.465 e. The average Bonchev–Trinajstić information content (AvgIpc) is 2.91. The smallest absolute Gasteiger partial charge is 0.433 e. The fourth-order valence-corrected chi connectivity index (χ4v) is 1.93. The van der Waals surface area contributed by atoms with Gasteiger partial charge in [-0.15, -0.1) is 0 Å². The van der Waals surface area contributed by atoms with E-state index >= 15 is 0 Å². The zero-order chi connectivity index (χ0) is 17.0. The summed E-state index contributed by atoms with van der Waals surface area (Å²) in [6.45, 7) is 0.273. The third-order valence-corrected chi connectivity index (χ3v) is 3.02. The Balaban J connectivity index is 2.17. The Kier molecular flexibility index (Phi) is 4.87. The van der Waals surface area contributed by atoms with Crippen LogP contribution in [0.2, 0.25) is 0 Å². The molecule has 6 nitrogen and oxygen atoms in total. The minimum Gasteiger partial charge on any atom is -0.465 e. The summed E-state index contributed by atoms with van der Waals surface area (Å²) in [5, 5.41) is 2.74. The molecule has 0 unspecified atom stereocenters. The number of pyridine rings is 1. The van der Waals surface area contributed by atoms with Crippen molar-refractivity contribution in [2.75, 3.05) is 19.0 Å². The van der Waals surface area contributed by atoms with E-state index in [1.807, 2.05) is 7.05 Å². The predicted molar refractivity (Wildman–Crippen MR) is 76.0 cm³/mol. The third-order valence-electron chi connectivity index (χ3n) is 3.02. The summed E-state index contributed by atoms with van der Waals surface area (Å²) in [6.07, 6.45) is -0.703. The SMILES string of the molecule is COC(=O)c1ccc(C(F)(F)F)nc1NCCc1cn(C)cn1. The minimum absolute atomic E-state index is 0.0541. The Morgan fingerprint density at radius 1 is 1.39 bits per heavy atom. The van der Waals surface area contributed by atoms with Crippen molar-refractivity contribution >= 4 is 11.8 Å². The molecule has 0 amide bonds. The summed E-state index contributed by atoms with van der Waals surface area (Å²) < 4.78 is 44.6. The standard InChI is InChI=1S/C14H15F3N4O2/c1-21-7-9(19-8-21)5-6-18-12-10(13(22)23-2)3-4-11(20-12)14(15,16)17/h3-4,7-8H,5-6H2,1-2H3,(H,18,20). The van der Waals surface area contributed by atoms with Gasteiger partial charge in [0.05, 0.1) is 19.1 Å². The molecular weight excluding hydrogens is 313 g/mol. The molecule has 23 heavy (non-hydrogen) atoms. The van der Waals surface area contributed by atoms with Gasteiger partial charge in [0, 0.05) is 26.2 Å². The molecule has 0 radical (unpaired) electrons. The first kappa shape index (κ1) is 16.8. The van der Waals surface area contributed by atoms with Gasteiger partial charge in [-0.2, -0.15) is 13.2 Å². The number of aromatic nitrogens is 3. The van der Waals surface area contributed by atoms with Crippen molar-refractivity contribution in [3.05, 3.63) is 41.6 Å². The van der Waals surface area contributed by atoms with Crippen LogP contribution < -0.4 is 5.32 Å². The fraction of sp³-hybridized carbons (Fsp3) is 0.357. The highest BCUT2D eigenvalue weighted by atomic mass is 19.4. The van der Waals surface area contributed by atoms with Crippen molar-refractivity contribution in [3.63, 3.8) is 0 Å². The second kappa shape index (κ2) is 6.67. The molecule has 0 aliphatic carbocycles. The molecule has 0 atom stereocenters. The molecule has 0 bridgehead atoms. The summed E-state index contributed by atoms with van der Waals surface area (Å²) in [4.78, 5) is 19.2. The molecule has 124 valence electrons. The van der Waals surface area contributed by atoms with Crippen LogP contribution in [0.5, 0.6) is 0 Å². The van der Waals surface area contributed by atoms with Crippen molar-refractivity contribution < 1.29 is 22.7 Å². The number of esters is 1. The number of halogens is 3. The number of imidazole rings is 1. The van der Waals surface area contributed by atoms with Crippen LogP contribution >= 0.6 is 0 Å². The first-order chi connectivity index (χ1) is 10.8. The lowest BCUT2D eigenvalue weighted by atomic mass is 10.2. The van der Waals surface area contributed by atoms with E-state index in [9.17, 15) is 18.0 Å². The molecule has 2 aromatic heterocycles. The molecule has 0 aliphatic heterocycles. The lowest BCUT2D eigenvalue weighted by molar-refractivity contribution is -0.141. The summed E-state index contributed by atoms with van der Waals surface area (Å²) in [5.41, 5.74) is -0.362. The van der Waals surface area contributed by atoms with E-state index in [-0.39, 0.29) is 17.9 Å². The summed E-state index contributed by atoms with van der Waals surface area (Å²) in [7, 11) is 2.96. The van der Waals surface area contributed by atoms with Crippen LogP contribution in [-0.2, 0) is 24.4 Å². The highest BCUT2D eigenvalue weighted by Gasteiger charge is 2.33. The molecule has 0 fully saturated rings. The molecule has 0 aliphatic rings. The van der Waals surface area contributed by atoms with Gasteiger partial charge in [0.15, 0.2) is 0 Å². The normalized spacial score (nSPS) is 11.3. The van der Waals surface area contributed by atoms with Gasteiger partial charge in [-0.3, -0.25) is 0 Å². The Morgan fingerprint density at radius 3 is 2.70 bits per heavy atom. The molecule has 2 rings (SSSR count). The fourth-order valence-electron chi connectivity index (χ4n) is 1.93. The van der Waals surface area contributed by atoms with Gasteiger partial charge in [0.25, 0.3) is 0 Å². The van der Waals surface area contributed by atoms with Gasteiger partial charge in [0.1, 0.15) is 17.1 Å². The number of anilines is 1. The van der Waals surface area contributed by atoms with Crippen LogP contribution in [0.25, 0.3) is 0 Å². The van der Waals surface area contributed by atoms with Crippen molar-refractivity contribution in [2.45, 2.75) is 12.6 Å². The van der Waals surface area contributed by atoms with Crippen molar-refractivity contribution in [1.82, 2.24) is 14.5 Å². The molecular formula is C14H15F3N4O2. The summed E-state index contributed by atoms with van der Waals surface area (Å²) in [6, 6.07) is 1.79. The van der Waals surface area contributed by atoms with Gasteiger partial charge in [-0.1, -0.05) is 0 Å². The van der Waals surface area contributed by atoms with E-state index in [2.05, 4.69) is 20.0 Å². The van der Waals surface area contributed by atoms with Gasteiger partial charge in [-0.05, 0) is 12.1 Å². The van der Waals surface area contributed by atoms with E-state index in [1.54, 1.807) is 17.1 Å². The first-order valence-electron chi connectivity index (χ1n) is 6.68. The number of alkyl halides is 3. The number of rotatable bonds is 5. The zero-order valence-electron chi connectivity index (χ0n) is 12.5. The molecule has 0 aromatic carbocycles. The maximum absolute atomic E-state index is 12.8. The van der Waals surface area contributed by atoms with Crippen LogP contribution in [-0.4, -0.2) is 34.2 Å². The first-order valence-corrected chi connectivity index (χ1v) is 6.68. The van der Waals surface area contributed by atoms with E-state index in [1.165, 1.54) is 0 Å². The number of ether oxygens (including phenoxy) is 1. The van der Waals surface area contributed by atoms with Gasteiger partial charge >= 0.3 is 12.1 Å². The van der Waals surface area contributed by atoms with Crippen LogP contribution in [0.1, 0.15) is 21.7 Å². The van der Waals surface area contributed by atoms with Crippen LogP contribution in [0.3, 0.4) is 0 Å². The quantitative estimate of drug-likeness (QED) is 0.853. The maximum atomic E-state index is 12.8. The number of hydrogen-bond acceptors (Lipinski definition) is 5.